The summed E-state index contributed by atoms with van der Waals surface area (Å²) in [7, 11) is 0. The standard InChI is InChI=1S/C12H2F8.C9H21N/c13-4-2-1-3(6(14)7(4)15)5-8(16)10(18)12(20)11(19)9(5)17;1-3-5-6-9(4-2)7-8-10/h1-2H;9H,3-8,10H2,1-2H3. The van der Waals surface area contributed by atoms with Crippen molar-refractivity contribution in [2.75, 3.05) is 6.54 Å². The van der Waals surface area contributed by atoms with Gasteiger partial charge in [-0.3, -0.25) is 0 Å². The minimum atomic E-state index is -2.44. The van der Waals surface area contributed by atoms with E-state index in [2.05, 4.69) is 13.8 Å². The van der Waals surface area contributed by atoms with Crippen LogP contribution in [0.2, 0.25) is 0 Å². The minimum absolute atomic E-state index is 0.297. The summed E-state index contributed by atoms with van der Waals surface area (Å²) in [6, 6.07) is 0.665. The molecule has 2 aromatic rings. The molecule has 1 nitrogen and oxygen atoms in total. The van der Waals surface area contributed by atoms with Crippen LogP contribution in [0, 0.1) is 52.5 Å². The lowest BCUT2D eigenvalue weighted by Crippen LogP contribution is -2.07. The van der Waals surface area contributed by atoms with Gasteiger partial charge in [-0.2, -0.15) is 0 Å². The van der Waals surface area contributed by atoms with E-state index in [9.17, 15) is 35.1 Å². The number of halogens is 8. The fourth-order valence-corrected chi connectivity index (χ4v) is 2.84. The summed E-state index contributed by atoms with van der Waals surface area (Å²) in [6.45, 7) is 5.37. The number of rotatable bonds is 7. The van der Waals surface area contributed by atoms with Crippen molar-refractivity contribution in [2.24, 2.45) is 11.7 Å². The van der Waals surface area contributed by atoms with E-state index < -0.39 is 57.7 Å². The Bertz CT molecular complexity index is 825. The smallest absolute Gasteiger partial charge is 0.200 e. The molecule has 0 bridgehead atoms. The Labute approximate surface area is 169 Å². The molecule has 0 saturated heterocycles. The van der Waals surface area contributed by atoms with E-state index in [0.717, 1.165) is 12.5 Å². The van der Waals surface area contributed by atoms with E-state index in [1.54, 1.807) is 0 Å². The normalized spacial score (nSPS) is 11.8. The second-order valence-corrected chi connectivity index (χ2v) is 6.66. The van der Waals surface area contributed by atoms with Crippen molar-refractivity contribution in [2.45, 2.75) is 46.0 Å². The van der Waals surface area contributed by atoms with Crippen LogP contribution in [0.25, 0.3) is 11.1 Å². The molecule has 0 aromatic heterocycles. The molecule has 2 aromatic carbocycles. The van der Waals surface area contributed by atoms with Crippen LogP contribution >= 0.6 is 0 Å². The van der Waals surface area contributed by atoms with Crippen molar-refractivity contribution in [1.29, 1.82) is 0 Å². The maximum Gasteiger partial charge on any atom is 0.200 e. The summed E-state index contributed by atoms with van der Waals surface area (Å²) in [5, 5.41) is 0. The Morgan fingerprint density at radius 1 is 0.700 bits per heavy atom. The molecule has 0 aliphatic carbocycles. The monoisotopic (exact) mass is 441 g/mol. The Morgan fingerprint density at radius 3 is 1.70 bits per heavy atom. The Balaban J connectivity index is 0.000000382. The fourth-order valence-electron chi connectivity index (χ4n) is 2.84. The maximum absolute atomic E-state index is 13.4. The predicted octanol–water partition coefficient (Wildman–Crippen LogP) is 7.02. The van der Waals surface area contributed by atoms with Gasteiger partial charge < -0.3 is 5.73 Å². The molecule has 1 unspecified atom stereocenters. The molecule has 0 amide bonds. The van der Waals surface area contributed by atoms with Crippen LogP contribution in [0.3, 0.4) is 0 Å². The van der Waals surface area contributed by atoms with Crippen LogP contribution in [0.4, 0.5) is 35.1 Å². The van der Waals surface area contributed by atoms with Gasteiger partial charge >= 0.3 is 0 Å². The number of nitrogens with two attached hydrogens (primary N) is 1. The molecule has 0 radical (unpaired) electrons. The molecular weight excluding hydrogens is 418 g/mol. The molecule has 0 aliphatic rings. The zero-order valence-corrected chi connectivity index (χ0v) is 16.6. The molecule has 0 aliphatic heterocycles. The van der Waals surface area contributed by atoms with E-state index in [1.165, 1.54) is 32.1 Å². The fraction of sp³-hybridized carbons (Fsp3) is 0.429. The highest BCUT2D eigenvalue weighted by atomic mass is 19.2. The highest BCUT2D eigenvalue weighted by molar-refractivity contribution is 5.66. The van der Waals surface area contributed by atoms with Gasteiger partial charge in [0.25, 0.3) is 0 Å². The molecule has 0 heterocycles. The number of hydrogen-bond acceptors (Lipinski definition) is 1. The van der Waals surface area contributed by atoms with Crippen molar-refractivity contribution < 1.29 is 35.1 Å². The summed E-state index contributed by atoms with van der Waals surface area (Å²) < 4.78 is 105. The first-order chi connectivity index (χ1) is 14.1. The van der Waals surface area contributed by atoms with Crippen LogP contribution in [0.1, 0.15) is 46.0 Å². The zero-order chi connectivity index (χ0) is 23.0. The van der Waals surface area contributed by atoms with E-state index in [4.69, 9.17) is 5.73 Å². The minimum Gasteiger partial charge on any atom is -0.330 e. The highest BCUT2D eigenvalue weighted by Crippen LogP contribution is 2.34. The van der Waals surface area contributed by atoms with Gasteiger partial charge in [0.05, 0.1) is 5.56 Å². The lowest BCUT2D eigenvalue weighted by atomic mass is 9.96. The largest absolute Gasteiger partial charge is 0.330 e. The number of unbranched alkanes of at least 4 members (excludes halogenated alkanes) is 1. The van der Waals surface area contributed by atoms with Gasteiger partial charge in [-0.25, -0.2) is 35.1 Å². The third kappa shape index (κ3) is 5.93. The van der Waals surface area contributed by atoms with Gasteiger partial charge in [0.15, 0.2) is 40.7 Å². The molecule has 0 saturated carbocycles. The molecule has 168 valence electrons. The van der Waals surface area contributed by atoms with E-state index in [-0.39, 0.29) is 0 Å². The highest BCUT2D eigenvalue weighted by Gasteiger charge is 2.29. The first kappa shape index (κ1) is 25.9. The molecule has 0 spiro atoms. The molecule has 30 heavy (non-hydrogen) atoms. The second-order valence-electron chi connectivity index (χ2n) is 6.66. The summed E-state index contributed by atoms with van der Waals surface area (Å²) in [6.07, 6.45) is 6.59. The van der Waals surface area contributed by atoms with Crippen LogP contribution in [-0.4, -0.2) is 6.54 Å². The van der Waals surface area contributed by atoms with Gasteiger partial charge in [0.1, 0.15) is 0 Å². The number of benzene rings is 2. The first-order valence-corrected chi connectivity index (χ1v) is 9.47. The Morgan fingerprint density at radius 2 is 1.23 bits per heavy atom. The van der Waals surface area contributed by atoms with E-state index in [0.29, 0.717) is 12.1 Å². The predicted molar refractivity (Wildman–Crippen MR) is 98.5 cm³/mol. The van der Waals surface area contributed by atoms with Crippen molar-refractivity contribution in [3.8, 4) is 11.1 Å². The Kier molecular flexibility index (Phi) is 10.2. The van der Waals surface area contributed by atoms with Gasteiger partial charge in [-0.15, -0.1) is 0 Å². The lowest BCUT2D eigenvalue weighted by molar-refractivity contribution is 0.380. The third-order valence-electron chi connectivity index (χ3n) is 4.63. The average molecular weight is 441 g/mol. The average Bonchev–Trinajstić information content (AvgIpc) is 2.74. The molecule has 1 atom stereocenters. The SMILES string of the molecule is CCCCC(CC)CCN.Fc1ccc(-c2c(F)c(F)c(F)c(F)c2F)c(F)c1F. The van der Waals surface area contributed by atoms with Gasteiger partial charge in [0, 0.05) is 5.56 Å². The zero-order valence-electron chi connectivity index (χ0n) is 16.6. The van der Waals surface area contributed by atoms with Crippen molar-refractivity contribution in [3.05, 3.63) is 58.7 Å². The second kappa shape index (κ2) is 11.9. The summed E-state index contributed by atoms with van der Waals surface area (Å²) in [4.78, 5) is 0. The first-order valence-electron chi connectivity index (χ1n) is 9.47. The van der Waals surface area contributed by atoms with Crippen LogP contribution in [0.5, 0.6) is 0 Å². The van der Waals surface area contributed by atoms with Crippen molar-refractivity contribution in [3.63, 3.8) is 0 Å². The van der Waals surface area contributed by atoms with Crippen LogP contribution in [-0.2, 0) is 0 Å². The molecular formula is C21H23F8N. The van der Waals surface area contributed by atoms with Gasteiger partial charge in [-0.1, -0.05) is 39.5 Å². The van der Waals surface area contributed by atoms with E-state index >= 15 is 0 Å². The summed E-state index contributed by atoms with van der Waals surface area (Å²) >= 11 is 0. The van der Waals surface area contributed by atoms with Crippen molar-refractivity contribution >= 4 is 0 Å². The van der Waals surface area contributed by atoms with E-state index in [1.807, 2.05) is 0 Å². The molecule has 9 heteroatoms. The van der Waals surface area contributed by atoms with Crippen LogP contribution < -0.4 is 5.73 Å². The lowest BCUT2D eigenvalue weighted by Gasteiger charge is -2.11. The summed E-state index contributed by atoms with van der Waals surface area (Å²) in [5.74, 6) is -16.7. The maximum atomic E-state index is 13.4. The van der Waals surface area contributed by atoms with Gasteiger partial charge in [-0.05, 0) is 31.0 Å². The van der Waals surface area contributed by atoms with Crippen LogP contribution in [0.15, 0.2) is 12.1 Å². The van der Waals surface area contributed by atoms with Crippen molar-refractivity contribution in [1.82, 2.24) is 0 Å². The summed E-state index contributed by atoms with van der Waals surface area (Å²) in [5.41, 5.74) is 2.53. The molecule has 2 N–H and O–H groups in total. The Hall–Kier alpha value is -2.16. The number of hydrogen-bond donors (Lipinski definition) is 1. The quantitative estimate of drug-likeness (QED) is 0.279. The molecule has 2 rings (SSSR count). The topological polar surface area (TPSA) is 26.0 Å². The third-order valence-corrected chi connectivity index (χ3v) is 4.63. The molecule has 0 fully saturated rings. The van der Waals surface area contributed by atoms with Gasteiger partial charge in [0.2, 0.25) is 5.82 Å².